The molecule has 1 saturated heterocycles. The summed E-state index contributed by atoms with van der Waals surface area (Å²) < 4.78 is 13.2. The average Bonchev–Trinajstić information content (AvgIpc) is 3.18. The molecule has 2 heterocycles. The smallest absolute Gasteiger partial charge is 0.222 e. The Bertz CT molecular complexity index is 818. The number of nitrogens with two attached hydrogens (primary N) is 1. The van der Waals surface area contributed by atoms with Gasteiger partial charge in [-0.05, 0) is 49.2 Å². The largest absolute Gasteiger partial charge is 0.368 e. The molecule has 1 atom stereocenters. The topological polar surface area (TPSA) is 69.2 Å². The molecule has 0 radical (unpaired) electrons. The molecule has 2 aliphatic rings. The minimum absolute atomic E-state index is 0. The summed E-state index contributed by atoms with van der Waals surface area (Å²) in [5.74, 6) is 0.751. The fraction of sp³-hybridized carbons (Fsp3) is 0.263. The molecule has 0 saturated carbocycles. The van der Waals surface area contributed by atoms with Crippen molar-refractivity contribution in [3.8, 4) is 0 Å². The number of rotatable bonds is 3. The van der Waals surface area contributed by atoms with Crippen molar-refractivity contribution in [3.63, 3.8) is 0 Å². The van der Waals surface area contributed by atoms with E-state index >= 15 is 0 Å². The third-order valence-electron chi connectivity index (χ3n) is 4.49. The molecule has 0 amide bonds. The second kappa shape index (κ2) is 8.26. The van der Waals surface area contributed by atoms with Crippen molar-refractivity contribution in [2.75, 3.05) is 23.3 Å². The second-order valence-electron chi connectivity index (χ2n) is 6.32. The van der Waals surface area contributed by atoms with E-state index in [-0.39, 0.29) is 24.2 Å². The standard InChI is InChI=1S/C19H21FN6.ClH/c20-14-8-10-15(11-9-14)22-18-23-17(21)24-19(25-12-4-5-13-25)26(18)16-6-2-1-3-7-16;/h1-3,6-11,18,22H,4-5,12-13H2,(H2,21,23);1H. The Hall–Kier alpha value is -2.80. The van der Waals surface area contributed by atoms with Crippen molar-refractivity contribution in [1.82, 2.24) is 4.90 Å². The normalized spacial score (nSPS) is 19.2. The highest BCUT2D eigenvalue weighted by molar-refractivity contribution is 6.06. The first-order valence-electron chi connectivity index (χ1n) is 8.74. The van der Waals surface area contributed by atoms with Crippen molar-refractivity contribution >= 4 is 35.7 Å². The van der Waals surface area contributed by atoms with Gasteiger partial charge in [-0.2, -0.15) is 4.99 Å². The van der Waals surface area contributed by atoms with Gasteiger partial charge in [-0.25, -0.2) is 9.38 Å². The zero-order chi connectivity index (χ0) is 17.9. The van der Waals surface area contributed by atoms with E-state index in [0.717, 1.165) is 43.3 Å². The maximum absolute atomic E-state index is 13.2. The van der Waals surface area contributed by atoms with Crippen LogP contribution in [0.4, 0.5) is 15.8 Å². The Balaban J connectivity index is 0.00000210. The van der Waals surface area contributed by atoms with Gasteiger partial charge in [-0.15, -0.1) is 12.4 Å². The zero-order valence-corrected chi connectivity index (χ0v) is 15.6. The van der Waals surface area contributed by atoms with Crippen LogP contribution in [0.2, 0.25) is 0 Å². The van der Waals surface area contributed by atoms with Gasteiger partial charge in [-0.1, -0.05) is 18.2 Å². The summed E-state index contributed by atoms with van der Waals surface area (Å²) in [5, 5.41) is 3.32. The van der Waals surface area contributed by atoms with Gasteiger partial charge in [0, 0.05) is 24.5 Å². The molecular weight excluding hydrogens is 367 g/mol. The molecule has 27 heavy (non-hydrogen) atoms. The van der Waals surface area contributed by atoms with Crippen LogP contribution in [0.5, 0.6) is 0 Å². The molecular formula is C19H22ClFN6. The molecule has 4 rings (SSSR count). The Morgan fingerprint density at radius 2 is 1.67 bits per heavy atom. The van der Waals surface area contributed by atoms with E-state index in [9.17, 15) is 4.39 Å². The molecule has 3 N–H and O–H groups in total. The predicted molar refractivity (Wildman–Crippen MR) is 110 cm³/mol. The highest BCUT2D eigenvalue weighted by atomic mass is 35.5. The van der Waals surface area contributed by atoms with E-state index in [1.165, 1.54) is 12.1 Å². The van der Waals surface area contributed by atoms with Gasteiger partial charge in [0.15, 0.2) is 0 Å². The predicted octanol–water partition coefficient (Wildman–Crippen LogP) is 3.23. The number of likely N-dealkylation sites (tertiary alicyclic amines) is 1. The van der Waals surface area contributed by atoms with Gasteiger partial charge in [0.1, 0.15) is 5.82 Å². The van der Waals surface area contributed by atoms with Crippen LogP contribution >= 0.6 is 12.4 Å². The van der Waals surface area contributed by atoms with Gasteiger partial charge >= 0.3 is 0 Å². The molecule has 2 aromatic rings. The molecule has 142 valence electrons. The van der Waals surface area contributed by atoms with E-state index in [0.29, 0.717) is 0 Å². The molecule has 6 nitrogen and oxygen atoms in total. The number of hydrogen-bond acceptors (Lipinski definition) is 6. The molecule has 1 unspecified atom stereocenters. The highest BCUT2D eigenvalue weighted by Crippen LogP contribution is 2.25. The van der Waals surface area contributed by atoms with Crippen LogP contribution in [0.1, 0.15) is 12.8 Å². The van der Waals surface area contributed by atoms with Crippen LogP contribution in [0.15, 0.2) is 64.6 Å². The third kappa shape index (κ3) is 4.14. The lowest BCUT2D eigenvalue weighted by Gasteiger charge is -2.38. The van der Waals surface area contributed by atoms with Gasteiger partial charge in [0.25, 0.3) is 0 Å². The first-order chi connectivity index (χ1) is 12.7. The molecule has 8 heteroatoms. The van der Waals surface area contributed by atoms with Crippen molar-refractivity contribution in [2.24, 2.45) is 15.7 Å². The summed E-state index contributed by atoms with van der Waals surface area (Å²) in [5.41, 5.74) is 7.74. The molecule has 0 aliphatic carbocycles. The first-order valence-corrected chi connectivity index (χ1v) is 8.74. The maximum Gasteiger partial charge on any atom is 0.222 e. The average molecular weight is 389 g/mol. The van der Waals surface area contributed by atoms with Crippen molar-refractivity contribution in [1.29, 1.82) is 0 Å². The lowest BCUT2D eigenvalue weighted by Crippen LogP contribution is -2.54. The fourth-order valence-corrected chi connectivity index (χ4v) is 3.26. The zero-order valence-electron chi connectivity index (χ0n) is 14.8. The van der Waals surface area contributed by atoms with Crippen LogP contribution in [-0.4, -0.2) is 36.2 Å². The molecule has 1 fully saturated rings. The summed E-state index contributed by atoms with van der Waals surface area (Å²) in [6.07, 6.45) is 1.81. The van der Waals surface area contributed by atoms with Crippen molar-refractivity contribution in [3.05, 3.63) is 60.4 Å². The van der Waals surface area contributed by atoms with E-state index in [4.69, 9.17) is 5.73 Å². The van der Waals surface area contributed by atoms with Gasteiger partial charge in [0.2, 0.25) is 18.2 Å². The number of anilines is 2. The van der Waals surface area contributed by atoms with Crippen LogP contribution < -0.4 is 16.0 Å². The highest BCUT2D eigenvalue weighted by Gasteiger charge is 2.32. The summed E-state index contributed by atoms with van der Waals surface area (Å²) in [6, 6.07) is 16.2. The Morgan fingerprint density at radius 1 is 1.00 bits per heavy atom. The third-order valence-corrected chi connectivity index (χ3v) is 4.49. The van der Waals surface area contributed by atoms with E-state index < -0.39 is 6.29 Å². The first kappa shape index (κ1) is 19.0. The quantitative estimate of drug-likeness (QED) is 0.847. The number of nitrogens with one attached hydrogen (secondary N) is 1. The summed E-state index contributed by atoms with van der Waals surface area (Å²) >= 11 is 0. The minimum Gasteiger partial charge on any atom is -0.368 e. The molecule has 2 aliphatic heterocycles. The Labute approximate surface area is 164 Å². The number of aliphatic imine (C=N–C) groups is 2. The summed E-state index contributed by atoms with van der Waals surface area (Å²) in [6.45, 7) is 1.89. The van der Waals surface area contributed by atoms with Crippen molar-refractivity contribution < 1.29 is 4.39 Å². The second-order valence-corrected chi connectivity index (χ2v) is 6.32. The fourth-order valence-electron chi connectivity index (χ4n) is 3.26. The monoisotopic (exact) mass is 388 g/mol. The lowest BCUT2D eigenvalue weighted by molar-refractivity contribution is 0.497. The molecule has 2 aromatic carbocycles. The summed E-state index contributed by atoms with van der Waals surface area (Å²) in [7, 11) is 0. The number of halogens is 2. The minimum atomic E-state index is -0.462. The molecule has 0 bridgehead atoms. The van der Waals surface area contributed by atoms with Crippen LogP contribution in [0, 0.1) is 5.82 Å². The number of benzene rings is 2. The maximum atomic E-state index is 13.2. The van der Waals surface area contributed by atoms with Crippen LogP contribution in [0.25, 0.3) is 0 Å². The molecule has 0 aromatic heterocycles. The van der Waals surface area contributed by atoms with Crippen LogP contribution in [-0.2, 0) is 0 Å². The van der Waals surface area contributed by atoms with Gasteiger partial charge < -0.3 is 16.0 Å². The Morgan fingerprint density at radius 3 is 2.33 bits per heavy atom. The van der Waals surface area contributed by atoms with Crippen LogP contribution in [0.3, 0.4) is 0 Å². The van der Waals surface area contributed by atoms with Gasteiger partial charge in [-0.3, -0.25) is 4.90 Å². The number of nitrogens with zero attached hydrogens (tertiary/aromatic N) is 4. The lowest BCUT2D eigenvalue weighted by atomic mass is 10.2. The van der Waals surface area contributed by atoms with Gasteiger partial charge in [0.05, 0.1) is 0 Å². The SMILES string of the molecule is Cl.NC1=NC(Nc2ccc(F)cc2)N(c2ccccc2)C(N2CCCC2)=N1. The summed E-state index contributed by atoms with van der Waals surface area (Å²) in [4.78, 5) is 13.3. The number of para-hydroxylation sites is 1. The van der Waals surface area contributed by atoms with E-state index in [1.807, 2.05) is 35.2 Å². The Kier molecular flexibility index (Phi) is 5.81. The van der Waals surface area contributed by atoms with Crippen molar-refractivity contribution in [2.45, 2.75) is 19.1 Å². The number of guanidine groups is 2. The van der Waals surface area contributed by atoms with E-state index in [1.54, 1.807) is 12.1 Å². The molecule has 0 spiro atoms. The van der Waals surface area contributed by atoms with E-state index in [2.05, 4.69) is 20.2 Å². The number of hydrogen-bond donors (Lipinski definition) is 2.